The van der Waals surface area contributed by atoms with E-state index in [0.29, 0.717) is 18.4 Å². The van der Waals surface area contributed by atoms with Crippen LogP contribution >= 0.6 is 0 Å². The molecule has 1 saturated heterocycles. The fourth-order valence-corrected chi connectivity index (χ4v) is 2.37. The second kappa shape index (κ2) is 4.49. The van der Waals surface area contributed by atoms with Crippen LogP contribution in [0, 0.1) is 0 Å². The molecule has 0 aromatic carbocycles. The average molecular weight is 211 g/mol. The van der Waals surface area contributed by atoms with Gasteiger partial charge in [-0.1, -0.05) is 0 Å². The number of rotatable bonds is 3. The van der Waals surface area contributed by atoms with Crippen molar-refractivity contribution in [3.63, 3.8) is 0 Å². The number of amides is 1. The van der Waals surface area contributed by atoms with Gasteiger partial charge in [-0.3, -0.25) is 9.80 Å². The Bertz CT molecular complexity index is 238. The molecule has 0 bridgehead atoms. The van der Waals surface area contributed by atoms with E-state index in [9.17, 15) is 4.79 Å². The molecule has 4 heteroatoms. The van der Waals surface area contributed by atoms with E-state index < -0.39 is 0 Å². The van der Waals surface area contributed by atoms with Gasteiger partial charge in [0.25, 0.3) is 0 Å². The minimum absolute atomic E-state index is 0.137. The largest absolute Gasteiger partial charge is 0.327 e. The Morgan fingerprint density at radius 1 is 1.47 bits per heavy atom. The summed E-state index contributed by atoms with van der Waals surface area (Å²) in [6.07, 6.45) is 5.30. The lowest BCUT2D eigenvalue weighted by atomic mass is 9.91. The van der Waals surface area contributed by atoms with Gasteiger partial charge in [0, 0.05) is 31.6 Å². The molecule has 2 N–H and O–H groups in total. The Morgan fingerprint density at radius 3 is 2.73 bits per heavy atom. The molecule has 0 aromatic heterocycles. The van der Waals surface area contributed by atoms with E-state index in [1.54, 1.807) is 0 Å². The molecule has 86 valence electrons. The van der Waals surface area contributed by atoms with Crippen molar-refractivity contribution in [3.8, 4) is 0 Å². The van der Waals surface area contributed by atoms with Crippen molar-refractivity contribution in [3.05, 3.63) is 0 Å². The Kier molecular flexibility index (Phi) is 3.26. The van der Waals surface area contributed by atoms with Crippen molar-refractivity contribution in [2.24, 2.45) is 5.73 Å². The van der Waals surface area contributed by atoms with Crippen LogP contribution in [-0.4, -0.2) is 41.1 Å². The second-order valence-electron chi connectivity index (χ2n) is 4.82. The normalized spacial score (nSPS) is 26.5. The van der Waals surface area contributed by atoms with Crippen molar-refractivity contribution in [1.29, 1.82) is 0 Å². The van der Waals surface area contributed by atoms with E-state index in [1.807, 2.05) is 11.9 Å². The van der Waals surface area contributed by atoms with Crippen molar-refractivity contribution in [2.75, 3.05) is 13.1 Å². The molecule has 1 heterocycles. The first-order valence-corrected chi connectivity index (χ1v) is 6.01. The summed E-state index contributed by atoms with van der Waals surface area (Å²) >= 11 is 0. The van der Waals surface area contributed by atoms with Gasteiger partial charge in [-0.05, 0) is 32.6 Å². The molecule has 1 aliphatic carbocycles. The van der Waals surface area contributed by atoms with Crippen LogP contribution < -0.4 is 5.73 Å². The van der Waals surface area contributed by atoms with Crippen LogP contribution in [0.1, 0.15) is 39.0 Å². The predicted molar refractivity (Wildman–Crippen MR) is 58.9 cm³/mol. The van der Waals surface area contributed by atoms with E-state index in [2.05, 4.69) is 5.01 Å². The summed E-state index contributed by atoms with van der Waals surface area (Å²) in [6.45, 7) is 3.80. The maximum Gasteiger partial charge on any atom is 0.237 e. The molecule has 1 aliphatic heterocycles. The first-order chi connectivity index (χ1) is 7.18. The number of carbonyl (C=O) groups excluding carboxylic acids is 1. The third-order valence-corrected chi connectivity index (χ3v) is 3.29. The number of nitrogens with two attached hydrogens (primary N) is 1. The number of nitrogens with zero attached hydrogens (tertiary/aromatic N) is 2. The highest BCUT2D eigenvalue weighted by Crippen LogP contribution is 2.29. The van der Waals surface area contributed by atoms with Gasteiger partial charge in [-0.15, -0.1) is 0 Å². The zero-order valence-electron chi connectivity index (χ0n) is 9.48. The van der Waals surface area contributed by atoms with Gasteiger partial charge in [0.1, 0.15) is 0 Å². The summed E-state index contributed by atoms with van der Waals surface area (Å²) < 4.78 is 0. The number of hydrazine groups is 1. The predicted octanol–water partition coefficient (Wildman–Crippen LogP) is 0.725. The third-order valence-electron chi connectivity index (χ3n) is 3.29. The summed E-state index contributed by atoms with van der Waals surface area (Å²) in [4.78, 5) is 11.9. The Labute approximate surface area is 91.4 Å². The fraction of sp³-hybridized carbons (Fsp3) is 0.909. The highest BCUT2D eigenvalue weighted by atomic mass is 16.2. The van der Waals surface area contributed by atoms with Crippen LogP contribution in [0.2, 0.25) is 0 Å². The molecular formula is C11H21N3O. The molecule has 1 unspecified atom stereocenters. The van der Waals surface area contributed by atoms with Gasteiger partial charge in [0.2, 0.25) is 5.91 Å². The number of hydrogen-bond acceptors (Lipinski definition) is 3. The minimum Gasteiger partial charge on any atom is -0.327 e. The van der Waals surface area contributed by atoms with E-state index in [0.717, 1.165) is 19.5 Å². The molecule has 2 rings (SSSR count). The van der Waals surface area contributed by atoms with Crippen LogP contribution in [0.15, 0.2) is 0 Å². The van der Waals surface area contributed by atoms with E-state index in [4.69, 9.17) is 5.73 Å². The summed E-state index contributed by atoms with van der Waals surface area (Å²) in [5, 5.41) is 4.16. The summed E-state index contributed by atoms with van der Waals surface area (Å²) in [5.41, 5.74) is 5.81. The molecule has 15 heavy (non-hydrogen) atoms. The number of hydrogen-bond donors (Lipinski definition) is 1. The van der Waals surface area contributed by atoms with Crippen molar-refractivity contribution < 1.29 is 4.79 Å². The number of carbonyl (C=O) groups is 1. The Balaban J connectivity index is 2.01. The zero-order chi connectivity index (χ0) is 10.8. The first-order valence-electron chi connectivity index (χ1n) is 6.01. The fourth-order valence-electron chi connectivity index (χ4n) is 2.37. The molecule has 0 radical (unpaired) electrons. The maximum absolute atomic E-state index is 11.9. The zero-order valence-corrected chi connectivity index (χ0v) is 9.48. The maximum atomic E-state index is 11.9. The van der Waals surface area contributed by atoms with Gasteiger partial charge < -0.3 is 5.73 Å². The van der Waals surface area contributed by atoms with Gasteiger partial charge in [0.05, 0.1) is 0 Å². The molecule has 1 atom stereocenters. The van der Waals surface area contributed by atoms with E-state index in [-0.39, 0.29) is 6.04 Å². The SMILES string of the molecule is CC(N)CN1CCCC(=O)N1C1CCC1. The van der Waals surface area contributed by atoms with Gasteiger partial charge in [-0.2, -0.15) is 0 Å². The highest BCUT2D eigenvalue weighted by molar-refractivity contribution is 5.76. The standard InChI is InChI=1S/C11H21N3O/c1-9(12)8-13-7-3-6-11(15)14(13)10-4-2-5-10/h9-10H,2-8,12H2,1H3. The van der Waals surface area contributed by atoms with E-state index in [1.165, 1.54) is 19.3 Å². The lowest BCUT2D eigenvalue weighted by molar-refractivity contribution is -0.168. The third kappa shape index (κ3) is 2.32. The molecule has 4 nitrogen and oxygen atoms in total. The molecule has 1 amide bonds. The molecule has 2 fully saturated rings. The van der Waals surface area contributed by atoms with Crippen molar-refractivity contribution >= 4 is 5.91 Å². The summed E-state index contributed by atoms with van der Waals surface area (Å²) in [6, 6.07) is 0.607. The van der Waals surface area contributed by atoms with Gasteiger partial charge in [-0.25, -0.2) is 5.01 Å². The smallest absolute Gasteiger partial charge is 0.237 e. The lowest BCUT2D eigenvalue weighted by Gasteiger charge is -2.47. The average Bonchev–Trinajstić information content (AvgIpc) is 2.06. The lowest BCUT2D eigenvalue weighted by Crippen LogP contribution is -2.59. The molecule has 2 aliphatic rings. The first kappa shape index (κ1) is 10.9. The monoisotopic (exact) mass is 211 g/mol. The van der Waals surface area contributed by atoms with Crippen LogP contribution in [0.25, 0.3) is 0 Å². The highest BCUT2D eigenvalue weighted by Gasteiger charge is 2.35. The van der Waals surface area contributed by atoms with Gasteiger partial charge in [0.15, 0.2) is 0 Å². The van der Waals surface area contributed by atoms with Crippen LogP contribution in [0.5, 0.6) is 0 Å². The second-order valence-corrected chi connectivity index (χ2v) is 4.82. The summed E-state index contributed by atoms with van der Waals surface area (Å²) in [7, 11) is 0. The minimum atomic E-state index is 0.137. The van der Waals surface area contributed by atoms with Crippen molar-refractivity contribution in [2.45, 2.75) is 51.1 Å². The van der Waals surface area contributed by atoms with Crippen LogP contribution in [-0.2, 0) is 4.79 Å². The van der Waals surface area contributed by atoms with Crippen LogP contribution in [0.3, 0.4) is 0 Å². The topological polar surface area (TPSA) is 49.6 Å². The van der Waals surface area contributed by atoms with Gasteiger partial charge >= 0.3 is 0 Å². The van der Waals surface area contributed by atoms with E-state index >= 15 is 0 Å². The molecular weight excluding hydrogens is 190 g/mol. The molecule has 0 aromatic rings. The quantitative estimate of drug-likeness (QED) is 0.748. The van der Waals surface area contributed by atoms with Crippen molar-refractivity contribution in [1.82, 2.24) is 10.0 Å². The molecule has 0 spiro atoms. The Morgan fingerprint density at radius 2 is 2.20 bits per heavy atom. The summed E-state index contributed by atoms with van der Waals surface area (Å²) in [5.74, 6) is 0.298. The molecule has 1 saturated carbocycles. The van der Waals surface area contributed by atoms with Crippen LogP contribution in [0.4, 0.5) is 0 Å². The Hall–Kier alpha value is -0.610.